The molecule has 0 aromatic heterocycles. The van der Waals surface area contributed by atoms with Crippen LogP contribution in [-0.2, 0) is 17.6 Å². The lowest BCUT2D eigenvalue weighted by atomic mass is 9.74. The van der Waals surface area contributed by atoms with Crippen LogP contribution in [0.5, 0.6) is 5.75 Å². The zero-order valence-electron chi connectivity index (χ0n) is 10.4. The number of hydrogen-bond acceptors (Lipinski definition) is 3. The Hall–Kier alpha value is -1.71. The molecule has 2 atom stereocenters. The van der Waals surface area contributed by atoms with Crippen LogP contribution in [0.25, 0.3) is 0 Å². The average Bonchev–Trinajstić information content (AvgIpc) is 2.70. The van der Waals surface area contributed by atoms with E-state index in [9.17, 15) is 9.90 Å². The molecule has 1 aliphatic carbocycles. The molecule has 2 aliphatic rings. The molecule has 96 valence electrons. The minimum Gasteiger partial charge on any atom is -0.508 e. The van der Waals surface area contributed by atoms with E-state index in [0.717, 1.165) is 19.3 Å². The monoisotopic (exact) mass is 247 g/mol. The van der Waals surface area contributed by atoms with E-state index in [-0.39, 0.29) is 11.6 Å². The number of aromatic hydroxyl groups is 1. The number of alkyl carbamates (subject to hydrolysis) is 1. The molecule has 0 unspecified atom stereocenters. The van der Waals surface area contributed by atoms with Crippen molar-refractivity contribution in [3.05, 3.63) is 29.3 Å². The molecule has 1 heterocycles. The number of fused-ring (bicyclic) bond motifs is 1. The van der Waals surface area contributed by atoms with Gasteiger partial charge in [-0.25, -0.2) is 4.79 Å². The van der Waals surface area contributed by atoms with E-state index in [1.54, 1.807) is 6.07 Å². The first-order chi connectivity index (χ1) is 8.57. The molecule has 1 amide bonds. The van der Waals surface area contributed by atoms with Crippen LogP contribution in [0.1, 0.15) is 24.5 Å². The Labute approximate surface area is 106 Å². The van der Waals surface area contributed by atoms with Crippen molar-refractivity contribution in [1.29, 1.82) is 0 Å². The molecule has 1 fully saturated rings. The first-order valence-electron chi connectivity index (χ1n) is 6.32. The molecule has 1 aromatic carbocycles. The third kappa shape index (κ3) is 1.82. The number of ether oxygens (including phenoxy) is 1. The number of aryl methyl sites for hydroxylation is 1. The number of phenols is 1. The number of carbonyl (C=O) groups is 1. The molecule has 0 spiro atoms. The van der Waals surface area contributed by atoms with Crippen LogP contribution in [-0.4, -0.2) is 23.3 Å². The Balaban J connectivity index is 1.83. The van der Waals surface area contributed by atoms with Gasteiger partial charge in [0.15, 0.2) is 0 Å². The van der Waals surface area contributed by atoms with Gasteiger partial charge in [-0.2, -0.15) is 0 Å². The molecule has 3 rings (SSSR count). The van der Waals surface area contributed by atoms with Crippen LogP contribution in [0.2, 0.25) is 0 Å². The number of nitrogens with one attached hydrogen (secondary N) is 1. The standard InChI is InChI=1S/C14H17NO3/c1-14(8-18-13(17)15-14)11-4-2-10-7-12(16)5-3-9(10)6-11/h3,5,7,11,16H,2,4,6,8H2,1H3,(H,15,17)/t11-,14-/m0/s1. The molecule has 1 saturated heterocycles. The molecule has 1 aliphatic heterocycles. The fourth-order valence-electron chi connectivity index (χ4n) is 3.03. The number of cyclic esters (lactones) is 1. The van der Waals surface area contributed by atoms with Crippen molar-refractivity contribution in [1.82, 2.24) is 5.32 Å². The summed E-state index contributed by atoms with van der Waals surface area (Å²) in [6.45, 7) is 2.50. The SMILES string of the molecule is C[C@@]1([C@H]2CCc3cc(O)ccc3C2)COC(=O)N1. The molecule has 0 radical (unpaired) electrons. The van der Waals surface area contributed by atoms with Gasteiger partial charge in [-0.05, 0) is 55.4 Å². The fourth-order valence-corrected chi connectivity index (χ4v) is 3.03. The van der Waals surface area contributed by atoms with Crippen molar-refractivity contribution in [2.24, 2.45) is 5.92 Å². The summed E-state index contributed by atoms with van der Waals surface area (Å²) in [4.78, 5) is 11.2. The molecule has 4 nitrogen and oxygen atoms in total. The minimum atomic E-state index is -0.311. The molecule has 2 N–H and O–H groups in total. The van der Waals surface area contributed by atoms with E-state index in [2.05, 4.69) is 5.32 Å². The van der Waals surface area contributed by atoms with Crippen LogP contribution >= 0.6 is 0 Å². The summed E-state index contributed by atoms with van der Waals surface area (Å²) in [5.74, 6) is 0.719. The topological polar surface area (TPSA) is 58.6 Å². The van der Waals surface area contributed by atoms with Crippen LogP contribution in [0.3, 0.4) is 0 Å². The van der Waals surface area contributed by atoms with Gasteiger partial charge in [0, 0.05) is 0 Å². The summed E-state index contributed by atoms with van der Waals surface area (Å²) < 4.78 is 5.04. The number of amides is 1. The van der Waals surface area contributed by atoms with Gasteiger partial charge in [-0.15, -0.1) is 0 Å². The largest absolute Gasteiger partial charge is 0.508 e. The van der Waals surface area contributed by atoms with E-state index in [1.165, 1.54) is 11.1 Å². The lowest BCUT2D eigenvalue weighted by molar-refractivity contribution is 0.161. The van der Waals surface area contributed by atoms with Gasteiger partial charge in [0.1, 0.15) is 12.4 Å². The van der Waals surface area contributed by atoms with Crippen LogP contribution in [0, 0.1) is 5.92 Å². The predicted molar refractivity (Wildman–Crippen MR) is 66.5 cm³/mol. The Morgan fingerprint density at radius 1 is 1.44 bits per heavy atom. The molecule has 0 saturated carbocycles. The molecule has 18 heavy (non-hydrogen) atoms. The van der Waals surface area contributed by atoms with E-state index < -0.39 is 0 Å². The van der Waals surface area contributed by atoms with Crippen molar-refractivity contribution in [3.63, 3.8) is 0 Å². The highest BCUT2D eigenvalue weighted by molar-refractivity contribution is 5.70. The summed E-state index contributed by atoms with van der Waals surface area (Å²) in [6, 6.07) is 5.56. The lowest BCUT2D eigenvalue weighted by Gasteiger charge is -2.35. The first kappa shape index (κ1) is 11.4. The second kappa shape index (κ2) is 3.90. The summed E-state index contributed by atoms with van der Waals surface area (Å²) in [6.07, 6.45) is 2.57. The van der Waals surface area contributed by atoms with Crippen molar-refractivity contribution < 1.29 is 14.6 Å². The van der Waals surface area contributed by atoms with E-state index >= 15 is 0 Å². The van der Waals surface area contributed by atoms with E-state index in [0.29, 0.717) is 18.3 Å². The number of hydrogen-bond donors (Lipinski definition) is 2. The van der Waals surface area contributed by atoms with Crippen LogP contribution < -0.4 is 5.32 Å². The Kier molecular flexibility index (Phi) is 2.47. The summed E-state index contributed by atoms with van der Waals surface area (Å²) in [5.41, 5.74) is 2.23. The Bertz CT molecular complexity index is 500. The predicted octanol–water partition coefficient (Wildman–Crippen LogP) is 2.00. The first-order valence-corrected chi connectivity index (χ1v) is 6.32. The second-order valence-electron chi connectivity index (χ2n) is 5.51. The highest BCUT2D eigenvalue weighted by atomic mass is 16.6. The number of phenolic OH excluding ortho intramolecular Hbond substituents is 1. The third-order valence-electron chi connectivity index (χ3n) is 4.21. The maximum absolute atomic E-state index is 11.2. The van der Waals surface area contributed by atoms with Crippen LogP contribution in [0.4, 0.5) is 4.79 Å². The van der Waals surface area contributed by atoms with E-state index in [1.807, 2.05) is 19.1 Å². The highest BCUT2D eigenvalue weighted by Crippen LogP contribution is 2.35. The maximum Gasteiger partial charge on any atom is 0.407 e. The quantitative estimate of drug-likeness (QED) is 0.798. The summed E-state index contributed by atoms with van der Waals surface area (Å²) >= 11 is 0. The van der Waals surface area contributed by atoms with Gasteiger partial charge in [-0.3, -0.25) is 0 Å². The number of rotatable bonds is 1. The van der Waals surface area contributed by atoms with Gasteiger partial charge in [0.25, 0.3) is 0 Å². The summed E-state index contributed by atoms with van der Waals surface area (Å²) in [7, 11) is 0. The molecule has 0 bridgehead atoms. The lowest BCUT2D eigenvalue weighted by Crippen LogP contribution is -2.49. The van der Waals surface area contributed by atoms with Gasteiger partial charge in [-0.1, -0.05) is 6.07 Å². The normalized spacial score (nSPS) is 30.5. The van der Waals surface area contributed by atoms with Crippen LogP contribution in [0.15, 0.2) is 18.2 Å². The van der Waals surface area contributed by atoms with Gasteiger partial charge in [0.05, 0.1) is 5.54 Å². The highest BCUT2D eigenvalue weighted by Gasteiger charge is 2.42. The maximum atomic E-state index is 11.2. The van der Waals surface area contributed by atoms with E-state index in [4.69, 9.17) is 4.74 Å². The van der Waals surface area contributed by atoms with Gasteiger partial charge >= 0.3 is 6.09 Å². The summed E-state index contributed by atoms with van der Waals surface area (Å²) in [5, 5.41) is 12.4. The van der Waals surface area contributed by atoms with Crippen molar-refractivity contribution in [2.75, 3.05) is 6.61 Å². The zero-order chi connectivity index (χ0) is 12.8. The van der Waals surface area contributed by atoms with Crippen molar-refractivity contribution in [3.8, 4) is 5.75 Å². The second-order valence-corrected chi connectivity index (χ2v) is 5.51. The smallest absolute Gasteiger partial charge is 0.407 e. The zero-order valence-corrected chi connectivity index (χ0v) is 10.4. The molecular formula is C14H17NO3. The average molecular weight is 247 g/mol. The molecule has 1 aromatic rings. The number of carbonyl (C=O) groups excluding carboxylic acids is 1. The number of benzene rings is 1. The van der Waals surface area contributed by atoms with Gasteiger partial charge < -0.3 is 15.2 Å². The molecular weight excluding hydrogens is 230 g/mol. The fraction of sp³-hybridized carbons (Fsp3) is 0.500. The third-order valence-corrected chi connectivity index (χ3v) is 4.21. The van der Waals surface area contributed by atoms with Crippen molar-refractivity contribution >= 4 is 6.09 Å². The van der Waals surface area contributed by atoms with Gasteiger partial charge in [0.2, 0.25) is 0 Å². The minimum absolute atomic E-state index is 0.257. The van der Waals surface area contributed by atoms with Crippen molar-refractivity contribution in [2.45, 2.75) is 31.7 Å². The Morgan fingerprint density at radius 3 is 3.00 bits per heavy atom. The molecule has 4 heteroatoms. The Morgan fingerprint density at radius 2 is 2.28 bits per heavy atom.